The maximum atomic E-state index is 11.3. The molecule has 0 fully saturated rings. The smallest absolute Gasteiger partial charge is 0.167 e. The molecule has 0 radical (unpaired) electrons. The predicted octanol–water partition coefficient (Wildman–Crippen LogP) is 3.12. The molecule has 88 valence electrons. The number of aromatic nitrogens is 2. The normalized spacial score (nSPS) is 10.7. The number of carbonyl (C=O) groups excluding carboxylic acids is 1. The zero-order chi connectivity index (χ0) is 12.5. The molecule has 0 saturated carbocycles. The third-order valence-corrected chi connectivity index (χ3v) is 3.07. The molecule has 0 bridgehead atoms. The molecule has 0 N–H and O–H groups in total. The van der Waals surface area contributed by atoms with E-state index in [1.807, 2.05) is 41.8 Å². The van der Waals surface area contributed by atoms with Crippen molar-refractivity contribution in [3.05, 3.63) is 60.2 Å². The number of fused-ring (bicyclic) bond motifs is 1. The fourth-order valence-electron chi connectivity index (χ4n) is 2.19. The quantitative estimate of drug-likeness (QED) is 0.641. The van der Waals surface area contributed by atoms with E-state index in [9.17, 15) is 4.79 Å². The molecule has 0 atom stereocenters. The van der Waals surface area contributed by atoms with Gasteiger partial charge in [-0.2, -0.15) is 0 Å². The van der Waals surface area contributed by atoms with Gasteiger partial charge < -0.3 is 4.40 Å². The summed E-state index contributed by atoms with van der Waals surface area (Å²) in [7, 11) is 0. The first-order valence-electron chi connectivity index (χ1n) is 5.77. The van der Waals surface area contributed by atoms with Crippen LogP contribution in [0.4, 0.5) is 0 Å². The Morgan fingerprint density at radius 3 is 2.67 bits per heavy atom. The molecule has 0 amide bonds. The van der Waals surface area contributed by atoms with Gasteiger partial charge in [-0.15, -0.1) is 0 Å². The Morgan fingerprint density at radius 1 is 1.17 bits per heavy atom. The van der Waals surface area contributed by atoms with E-state index < -0.39 is 0 Å². The van der Waals surface area contributed by atoms with Crippen LogP contribution in [0.5, 0.6) is 0 Å². The van der Waals surface area contributed by atoms with E-state index in [0.717, 1.165) is 22.9 Å². The van der Waals surface area contributed by atoms with E-state index in [1.165, 1.54) is 5.56 Å². The number of pyridine rings is 2. The summed E-state index contributed by atoms with van der Waals surface area (Å²) in [6.45, 7) is 2.04. The van der Waals surface area contributed by atoms with Gasteiger partial charge in [-0.3, -0.25) is 9.78 Å². The highest BCUT2D eigenvalue weighted by Crippen LogP contribution is 2.26. The zero-order valence-electron chi connectivity index (χ0n) is 10.00. The first-order chi connectivity index (χ1) is 8.79. The predicted molar refractivity (Wildman–Crippen MR) is 70.8 cm³/mol. The maximum absolute atomic E-state index is 11.3. The Balaban J connectivity index is 2.33. The summed E-state index contributed by atoms with van der Waals surface area (Å²) in [6.07, 6.45) is 6.30. The first kappa shape index (κ1) is 10.7. The minimum atomic E-state index is 0.677. The highest BCUT2D eigenvalue weighted by Gasteiger charge is 2.10. The lowest BCUT2D eigenvalue weighted by atomic mass is 10.1. The molecule has 0 aromatic carbocycles. The molecule has 3 aromatic rings. The second-order valence-electron chi connectivity index (χ2n) is 4.30. The summed E-state index contributed by atoms with van der Waals surface area (Å²) in [5.41, 5.74) is 4.84. The monoisotopic (exact) mass is 236 g/mol. The Bertz CT molecular complexity index is 714. The molecule has 0 spiro atoms. The molecule has 3 heterocycles. The third-order valence-electron chi connectivity index (χ3n) is 3.07. The first-order valence-corrected chi connectivity index (χ1v) is 5.77. The van der Waals surface area contributed by atoms with Crippen LogP contribution >= 0.6 is 0 Å². The average molecular weight is 236 g/mol. The van der Waals surface area contributed by atoms with Gasteiger partial charge in [-0.1, -0.05) is 0 Å². The van der Waals surface area contributed by atoms with Crippen LogP contribution in [0.2, 0.25) is 0 Å². The molecule has 0 aliphatic carbocycles. The van der Waals surface area contributed by atoms with Crippen molar-refractivity contribution in [3.8, 4) is 11.1 Å². The van der Waals surface area contributed by atoms with E-state index >= 15 is 0 Å². The number of hydrogen-bond acceptors (Lipinski definition) is 2. The van der Waals surface area contributed by atoms with Crippen molar-refractivity contribution in [2.45, 2.75) is 6.92 Å². The topological polar surface area (TPSA) is 34.4 Å². The molecule has 3 aromatic heterocycles. The maximum Gasteiger partial charge on any atom is 0.167 e. The lowest BCUT2D eigenvalue weighted by molar-refractivity contribution is 0.111. The van der Waals surface area contributed by atoms with Crippen LogP contribution in [0.25, 0.3) is 16.6 Å². The number of hydrogen-bond donors (Lipinski definition) is 0. The lowest BCUT2D eigenvalue weighted by Crippen LogP contribution is -1.92. The van der Waals surface area contributed by atoms with Gasteiger partial charge in [-0.05, 0) is 48.4 Å². The van der Waals surface area contributed by atoms with Gasteiger partial charge in [0, 0.05) is 29.7 Å². The SMILES string of the molecule is Cc1ccn2c(C=O)c(-c3ccncc3)cc2c1. The highest BCUT2D eigenvalue weighted by atomic mass is 16.1. The van der Waals surface area contributed by atoms with Crippen LogP contribution in [0, 0.1) is 6.92 Å². The van der Waals surface area contributed by atoms with Gasteiger partial charge in [0.15, 0.2) is 6.29 Å². The summed E-state index contributed by atoms with van der Waals surface area (Å²) in [4.78, 5) is 15.3. The Morgan fingerprint density at radius 2 is 1.94 bits per heavy atom. The van der Waals surface area contributed by atoms with Gasteiger partial charge in [0.2, 0.25) is 0 Å². The van der Waals surface area contributed by atoms with Crippen molar-refractivity contribution in [1.82, 2.24) is 9.38 Å². The fourth-order valence-corrected chi connectivity index (χ4v) is 2.19. The lowest BCUT2D eigenvalue weighted by Gasteiger charge is -2.00. The van der Waals surface area contributed by atoms with Gasteiger partial charge >= 0.3 is 0 Å². The van der Waals surface area contributed by atoms with Crippen molar-refractivity contribution in [2.24, 2.45) is 0 Å². The van der Waals surface area contributed by atoms with Gasteiger partial charge in [0.1, 0.15) is 0 Å². The Hall–Kier alpha value is -2.42. The van der Waals surface area contributed by atoms with Crippen molar-refractivity contribution < 1.29 is 4.79 Å². The molecular formula is C15H12N2O. The molecule has 0 aliphatic heterocycles. The minimum Gasteiger partial charge on any atom is -0.314 e. The minimum absolute atomic E-state index is 0.677. The van der Waals surface area contributed by atoms with Crippen LogP contribution in [-0.4, -0.2) is 15.7 Å². The zero-order valence-corrected chi connectivity index (χ0v) is 10.00. The average Bonchev–Trinajstić information content (AvgIpc) is 2.77. The van der Waals surface area contributed by atoms with Crippen LogP contribution < -0.4 is 0 Å². The summed E-state index contributed by atoms with van der Waals surface area (Å²) < 4.78 is 1.91. The van der Waals surface area contributed by atoms with E-state index in [1.54, 1.807) is 12.4 Å². The van der Waals surface area contributed by atoms with Crippen molar-refractivity contribution in [1.29, 1.82) is 0 Å². The molecule has 3 heteroatoms. The van der Waals surface area contributed by atoms with Crippen molar-refractivity contribution >= 4 is 11.8 Å². The number of nitrogens with zero attached hydrogens (tertiary/aromatic N) is 2. The molecule has 3 nitrogen and oxygen atoms in total. The van der Waals surface area contributed by atoms with E-state index in [-0.39, 0.29) is 0 Å². The molecular weight excluding hydrogens is 224 g/mol. The third kappa shape index (κ3) is 1.61. The van der Waals surface area contributed by atoms with Crippen molar-refractivity contribution in [3.63, 3.8) is 0 Å². The summed E-state index contributed by atoms with van der Waals surface area (Å²) >= 11 is 0. The molecule has 0 unspecified atom stereocenters. The number of aryl methyl sites for hydroxylation is 1. The second kappa shape index (κ2) is 4.11. The standard InChI is InChI=1S/C15H12N2O/c1-11-4-7-17-13(8-11)9-14(15(17)10-18)12-2-5-16-6-3-12/h2-10H,1H3. The summed E-state index contributed by atoms with van der Waals surface area (Å²) in [6, 6.07) is 9.92. The molecule has 3 rings (SSSR count). The number of rotatable bonds is 2. The summed E-state index contributed by atoms with van der Waals surface area (Å²) in [5.74, 6) is 0. The van der Waals surface area contributed by atoms with Crippen molar-refractivity contribution in [2.75, 3.05) is 0 Å². The van der Waals surface area contributed by atoms with Crippen LogP contribution in [0.3, 0.4) is 0 Å². The van der Waals surface area contributed by atoms with Crippen LogP contribution in [0.1, 0.15) is 16.1 Å². The van der Waals surface area contributed by atoms with Gasteiger partial charge in [-0.25, -0.2) is 0 Å². The molecule has 18 heavy (non-hydrogen) atoms. The fraction of sp³-hybridized carbons (Fsp3) is 0.0667. The highest BCUT2D eigenvalue weighted by molar-refractivity contribution is 5.89. The van der Waals surface area contributed by atoms with E-state index in [0.29, 0.717) is 5.69 Å². The van der Waals surface area contributed by atoms with Crippen LogP contribution in [0.15, 0.2) is 48.9 Å². The number of aldehydes is 1. The van der Waals surface area contributed by atoms with Crippen LogP contribution in [-0.2, 0) is 0 Å². The largest absolute Gasteiger partial charge is 0.314 e. The Kier molecular flexibility index (Phi) is 2.45. The Labute approximate surface area is 105 Å². The molecule has 0 aliphatic rings. The summed E-state index contributed by atoms with van der Waals surface area (Å²) in [5, 5.41) is 0. The van der Waals surface area contributed by atoms with E-state index in [4.69, 9.17) is 0 Å². The molecule has 0 saturated heterocycles. The van der Waals surface area contributed by atoms with Gasteiger partial charge in [0.05, 0.1) is 5.69 Å². The second-order valence-corrected chi connectivity index (χ2v) is 4.30. The van der Waals surface area contributed by atoms with Gasteiger partial charge in [0.25, 0.3) is 0 Å². The number of carbonyl (C=O) groups is 1. The van der Waals surface area contributed by atoms with E-state index in [2.05, 4.69) is 11.1 Å².